The number of rotatable bonds is 3. The van der Waals surface area contributed by atoms with Gasteiger partial charge < -0.3 is 14.6 Å². The van der Waals surface area contributed by atoms with Gasteiger partial charge in [-0.1, -0.05) is 43.3 Å². The van der Waals surface area contributed by atoms with E-state index in [9.17, 15) is 15.0 Å². The van der Waals surface area contributed by atoms with Gasteiger partial charge in [-0.15, -0.1) is 0 Å². The van der Waals surface area contributed by atoms with Crippen LogP contribution in [0, 0.1) is 0 Å². The molecular formula is C18H16O4. The van der Waals surface area contributed by atoms with Crippen molar-refractivity contribution in [2.75, 3.05) is 0 Å². The van der Waals surface area contributed by atoms with Gasteiger partial charge in [0.2, 0.25) is 0 Å². The zero-order valence-corrected chi connectivity index (χ0v) is 12.1. The van der Waals surface area contributed by atoms with Crippen molar-refractivity contribution in [1.82, 2.24) is 0 Å². The highest BCUT2D eigenvalue weighted by atomic mass is 16.4. The normalized spacial score (nSPS) is 12.4. The van der Waals surface area contributed by atoms with E-state index in [0.717, 1.165) is 5.56 Å². The summed E-state index contributed by atoms with van der Waals surface area (Å²) in [4.78, 5) is 12.3. The van der Waals surface area contributed by atoms with Crippen LogP contribution in [0.15, 0.2) is 57.7 Å². The highest BCUT2D eigenvalue weighted by Gasteiger charge is 2.23. The molecule has 0 bridgehead atoms. The van der Waals surface area contributed by atoms with Crippen molar-refractivity contribution in [3.8, 4) is 11.5 Å². The Kier molecular flexibility index (Phi) is 3.59. The monoisotopic (exact) mass is 296 g/mol. The lowest BCUT2D eigenvalue weighted by molar-refractivity contribution is 0.433. The molecule has 2 aromatic carbocycles. The fourth-order valence-corrected chi connectivity index (χ4v) is 2.81. The average Bonchev–Trinajstić information content (AvgIpc) is 2.53. The van der Waals surface area contributed by atoms with Crippen molar-refractivity contribution in [2.45, 2.75) is 19.3 Å². The third kappa shape index (κ3) is 2.22. The Morgan fingerprint density at radius 2 is 1.77 bits per heavy atom. The fourth-order valence-electron chi connectivity index (χ4n) is 2.81. The van der Waals surface area contributed by atoms with E-state index in [1.54, 1.807) is 12.1 Å². The lowest BCUT2D eigenvalue weighted by Crippen LogP contribution is -2.13. The van der Waals surface area contributed by atoms with E-state index >= 15 is 0 Å². The van der Waals surface area contributed by atoms with Crippen LogP contribution < -0.4 is 5.63 Å². The molecule has 112 valence electrons. The summed E-state index contributed by atoms with van der Waals surface area (Å²) in [5.41, 5.74) is 0.553. The van der Waals surface area contributed by atoms with Gasteiger partial charge in [-0.05, 0) is 24.1 Å². The van der Waals surface area contributed by atoms with E-state index in [1.807, 2.05) is 37.3 Å². The van der Waals surface area contributed by atoms with Gasteiger partial charge in [-0.2, -0.15) is 0 Å². The molecule has 1 heterocycles. The first kappa shape index (κ1) is 14.2. The van der Waals surface area contributed by atoms with Gasteiger partial charge >= 0.3 is 5.63 Å². The first-order valence-electron chi connectivity index (χ1n) is 7.16. The van der Waals surface area contributed by atoms with Crippen LogP contribution in [0.4, 0.5) is 0 Å². The van der Waals surface area contributed by atoms with E-state index in [4.69, 9.17) is 4.42 Å². The van der Waals surface area contributed by atoms with Gasteiger partial charge in [0, 0.05) is 5.92 Å². The molecule has 22 heavy (non-hydrogen) atoms. The molecule has 0 fully saturated rings. The minimum Gasteiger partial charge on any atom is -0.507 e. The van der Waals surface area contributed by atoms with Gasteiger partial charge in [0.15, 0.2) is 11.3 Å². The Balaban J connectivity index is 2.29. The molecular weight excluding hydrogens is 280 g/mol. The number of phenols is 1. The van der Waals surface area contributed by atoms with E-state index < -0.39 is 5.63 Å². The van der Waals surface area contributed by atoms with Gasteiger partial charge in [0.05, 0.1) is 10.9 Å². The Hall–Kier alpha value is -2.75. The standard InChI is InChI=1S/C18H16O4/c1-2-12(11-7-4-3-5-8-11)15-16(20)13-9-6-10-14(19)17(13)22-18(15)21/h3-10,12,19-20H,2H2,1H3/t12-/m0/s1. The van der Waals surface area contributed by atoms with Crippen LogP contribution in [0.25, 0.3) is 11.0 Å². The minimum atomic E-state index is -0.623. The van der Waals surface area contributed by atoms with Gasteiger partial charge in [0.25, 0.3) is 0 Å². The van der Waals surface area contributed by atoms with Crippen LogP contribution >= 0.6 is 0 Å². The molecule has 0 saturated carbocycles. The largest absolute Gasteiger partial charge is 0.507 e. The maximum absolute atomic E-state index is 12.3. The van der Waals surface area contributed by atoms with Crippen molar-refractivity contribution >= 4 is 11.0 Å². The molecule has 0 saturated heterocycles. The van der Waals surface area contributed by atoms with Crippen molar-refractivity contribution in [1.29, 1.82) is 0 Å². The second-order valence-electron chi connectivity index (χ2n) is 5.18. The van der Waals surface area contributed by atoms with Crippen LogP contribution in [-0.4, -0.2) is 10.2 Å². The first-order chi connectivity index (χ1) is 10.6. The molecule has 1 atom stereocenters. The Labute approximate surface area is 127 Å². The number of phenolic OH excluding ortho intramolecular Hbond substituents is 1. The van der Waals surface area contributed by atoms with Gasteiger partial charge in [-0.3, -0.25) is 0 Å². The highest BCUT2D eigenvalue weighted by molar-refractivity contribution is 5.88. The fraction of sp³-hybridized carbons (Fsp3) is 0.167. The third-order valence-electron chi connectivity index (χ3n) is 3.88. The van der Waals surface area contributed by atoms with Crippen LogP contribution in [-0.2, 0) is 0 Å². The quantitative estimate of drug-likeness (QED) is 0.722. The summed E-state index contributed by atoms with van der Waals surface area (Å²) in [7, 11) is 0. The van der Waals surface area contributed by atoms with Crippen molar-refractivity contribution in [2.24, 2.45) is 0 Å². The number of benzene rings is 2. The minimum absolute atomic E-state index is 0.0108. The number of aromatic hydroxyl groups is 2. The third-order valence-corrected chi connectivity index (χ3v) is 3.88. The van der Waals surface area contributed by atoms with Gasteiger partial charge in [-0.25, -0.2) is 4.79 Å². The molecule has 3 rings (SSSR count). The second kappa shape index (κ2) is 5.56. The molecule has 0 amide bonds. The summed E-state index contributed by atoms with van der Waals surface area (Å²) < 4.78 is 5.24. The summed E-state index contributed by atoms with van der Waals surface area (Å²) in [5.74, 6) is -0.550. The lowest BCUT2D eigenvalue weighted by atomic mass is 9.89. The SMILES string of the molecule is CC[C@@H](c1ccccc1)c1c(O)c2cccc(O)c2oc1=O. The zero-order valence-electron chi connectivity index (χ0n) is 12.1. The van der Waals surface area contributed by atoms with Crippen LogP contribution in [0.1, 0.15) is 30.4 Å². The molecule has 4 heteroatoms. The molecule has 4 nitrogen and oxygen atoms in total. The number of hydrogen-bond acceptors (Lipinski definition) is 4. The molecule has 0 radical (unpaired) electrons. The highest BCUT2D eigenvalue weighted by Crippen LogP contribution is 2.37. The molecule has 0 unspecified atom stereocenters. The van der Waals surface area contributed by atoms with Crippen LogP contribution in [0.2, 0.25) is 0 Å². The van der Waals surface area contributed by atoms with Crippen molar-refractivity contribution in [3.63, 3.8) is 0 Å². The summed E-state index contributed by atoms with van der Waals surface area (Å²) >= 11 is 0. The maximum atomic E-state index is 12.3. The van der Waals surface area contributed by atoms with E-state index in [0.29, 0.717) is 11.8 Å². The summed E-state index contributed by atoms with van der Waals surface area (Å²) in [6, 6.07) is 14.2. The Morgan fingerprint density at radius 3 is 2.45 bits per heavy atom. The van der Waals surface area contributed by atoms with Crippen molar-refractivity contribution < 1.29 is 14.6 Å². The summed E-state index contributed by atoms with van der Waals surface area (Å²) in [6.45, 7) is 1.95. The molecule has 2 N–H and O–H groups in total. The smallest absolute Gasteiger partial charge is 0.343 e. The topological polar surface area (TPSA) is 70.7 Å². The van der Waals surface area contributed by atoms with Gasteiger partial charge in [0.1, 0.15) is 5.75 Å². The predicted octanol–water partition coefficient (Wildman–Crippen LogP) is 3.75. The molecule has 0 aliphatic heterocycles. The van der Waals surface area contributed by atoms with Crippen molar-refractivity contribution in [3.05, 3.63) is 70.1 Å². The Bertz CT molecular complexity index is 865. The predicted molar refractivity (Wildman–Crippen MR) is 84.4 cm³/mol. The molecule has 3 aromatic rings. The number of fused-ring (bicyclic) bond motifs is 1. The molecule has 0 aliphatic rings. The second-order valence-corrected chi connectivity index (χ2v) is 5.18. The lowest BCUT2D eigenvalue weighted by Gasteiger charge is -2.16. The summed E-state index contributed by atoms with van der Waals surface area (Å²) in [5, 5.41) is 20.7. The first-order valence-corrected chi connectivity index (χ1v) is 7.16. The zero-order chi connectivity index (χ0) is 15.7. The maximum Gasteiger partial charge on any atom is 0.343 e. The number of hydrogen-bond donors (Lipinski definition) is 2. The molecule has 1 aromatic heterocycles. The molecule has 0 spiro atoms. The Morgan fingerprint density at radius 1 is 1.05 bits per heavy atom. The van der Waals surface area contributed by atoms with E-state index in [-0.39, 0.29) is 28.6 Å². The summed E-state index contributed by atoms with van der Waals surface area (Å²) in [6.07, 6.45) is 0.645. The van der Waals surface area contributed by atoms with E-state index in [2.05, 4.69) is 0 Å². The molecule has 0 aliphatic carbocycles. The van der Waals surface area contributed by atoms with Crippen LogP contribution in [0.5, 0.6) is 11.5 Å². The van der Waals surface area contributed by atoms with Crippen LogP contribution in [0.3, 0.4) is 0 Å². The number of para-hydroxylation sites is 1. The van der Waals surface area contributed by atoms with E-state index in [1.165, 1.54) is 6.07 Å². The average molecular weight is 296 g/mol.